The third kappa shape index (κ3) is 5.79. The maximum Gasteiger partial charge on any atom is 0.257 e. The summed E-state index contributed by atoms with van der Waals surface area (Å²) in [5, 5.41) is 2.76. The van der Waals surface area contributed by atoms with Crippen LogP contribution in [-0.4, -0.2) is 33.5 Å². The summed E-state index contributed by atoms with van der Waals surface area (Å²) >= 11 is 0. The average Bonchev–Trinajstić information content (AvgIpc) is 3.03. The molecule has 24 heavy (non-hydrogen) atoms. The molecule has 0 aromatic heterocycles. The van der Waals surface area contributed by atoms with Crippen LogP contribution in [0.4, 0.5) is 0 Å². The van der Waals surface area contributed by atoms with Crippen molar-refractivity contribution in [1.82, 2.24) is 10.0 Å². The molecule has 2 rings (SSSR count). The molecular weight excluding hydrogens is 328 g/mol. The number of ether oxygens (including phenoxy) is 1. The van der Waals surface area contributed by atoms with E-state index in [1.807, 2.05) is 13.8 Å². The first-order valence-electron chi connectivity index (χ1n) is 8.39. The van der Waals surface area contributed by atoms with Crippen LogP contribution in [0.3, 0.4) is 0 Å². The zero-order valence-electron chi connectivity index (χ0n) is 14.2. The van der Waals surface area contributed by atoms with E-state index >= 15 is 0 Å². The molecule has 0 spiro atoms. The molecule has 0 aliphatic heterocycles. The number of carbonyl (C=O) groups is 1. The molecule has 2 N–H and O–H groups in total. The van der Waals surface area contributed by atoms with E-state index in [9.17, 15) is 13.2 Å². The van der Waals surface area contributed by atoms with E-state index < -0.39 is 10.0 Å². The van der Waals surface area contributed by atoms with Crippen LogP contribution in [0.5, 0.6) is 5.75 Å². The number of rotatable bonds is 8. The summed E-state index contributed by atoms with van der Waals surface area (Å²) in [6.07, 6.45) is 3.93. The Morgan fingerprint density at radius 3 is 2.42 bits per heavy atom. The van der Waals surface area contributed by atoms with Crippen molar-refractivity contribution in [2.24, 2.45) is 5.92 Å². The summed E-state index contributed by atoms with van der Waals surface area (Å²) in [7, 11) is -3.49. The SMILES string of the molecule is CC(C)CNC(=O)COc1ccc(S(=O)(=O)NC2CCCC2)cc1. The van der Waals surface area contributed by atoms with Crippen LogP contribution >= 0.6 is 0 Å². The van der Waals surface area contributed by atoms with Gasteiger partial charge < -0.3 is 10.1 Å². The lowest BCUT2D eigenvalue weighted by atomic mass is 10.2. The minimum absolute atomic E-state index is 0.0376. The van der Waals surface area contributed by atoms with Gasteiger partial charge >= 0.3 is 0 Å². The van der Waals surface area contributed by atoms with Crippen molar-refractivity contribution in [1.29, 1.82) is 0 Å². The fraction of sp³-hybridized carbons (Fsp3) is 0.588. The Balaban J connectivity index is 1.86. The van der Waals surface area contributed by atoms with E-state index in [0.29, 0.717) is 18.2 Å². The van der Waals surface area contributed by atoms with Crippen molar-refractivity contribution >= 4 is 15.9 Å². The molecule has 6 nitrogen and oxygen atoms in total. The lowest BCUT2D eigenvalue weighted by Crippen LogP contribution is -2.32. The van der Waals surface area contributed by atoms with Crippen molar-refractivity contribution in [3.05, 3.63) is 24.3 Å². The van der Waals surface area contributed by atoms with Crippen LogP contribution in [0.2, 0.25) is 0 Å². The summed E-state index contributed by atoms with van der Waals surface area (Å²) in [5.74, 6) is 0.656. The van der Waals surface area contributed by atoms with Crippen molar-refractivity contribution in [2.75, 3.05) is 13.2 Å². The molecular formula is C17H26N2O4S. The molecule has 1 amide bonds. The highest BCUT2D eigenvalue weighted by molar-refractivity contribution is 7.89. The number of nitrogens with one attached hydrogen (secondary N) is 2. The van der Waals surface area contributed by atoms with Crippen molar-refractivity contribution in [2.45, 2.75) is 50.5 Å². The van der Waals surface area contributed by atoms with Gasteiger partial charge in [-0.3, -0.25) is 4.79 Å². The molecule has 0 unspecified atom stereocenters. The smallest absolute Gasteiger partial charge is 0.257 e. The van der Waals surface area contributed by atoms with Gasteiger partial charge in [0, 0.05) is 12.6 Å². The third-order valence-electron chi connectivity index (χ3n) is 3.89. The van der Waals surface area contributed by atoms with Gasteiger partial charge in [0.25, 0.3) is 5.91 Å². The standard InChI is InChI=1S/C17H26N2O4S/c1-13(2)11-18-17(20)12-23-15-7-9-16(10-8-15)24(21,22)19-14-5-3-4-6-14/h7-10,13-14,19H,3-6,11-12H2,1-2H3,(H,18,20). The van der Waals surface area contributed by atoms with Crippen molar-refractivity contribution < 1.29 is 17.9 Å². The molecule has 1 aliphatic rings. The number of hydrogen-bond donors (Lipinski definition) is 2. The lowest BCUT2D eigenvalue weighted by Gasteiger charge is -2.13. The Morgan fingerprint density at radius 1 is 1.21 bits per heavy atom. The number of carbonyl (C=O) groups excluding carboxylic acids is 1. The van der Waals surface area contributed by atoms with Gasteiger partial charge in [-0.1, -0.05) is 26.7 Å². The van der Waals surface area contributed by atoms with Crippen molar-refractivity contribution in [3.8, 4) is 5.75 Å². The predicted octanol–water partition coefficient (Wildman–Crippen LogP) is 2.06. The number of hydrogen-bond acceptors (Lipinski definition) is 4. The lowest BCUT2D eigenvalue weighted by molar-refractivity contribution is -0.123. The Labute approximate surface area is 144 Å². The highest BCUT2D eigenvalue weighted by Crippen LogP contribution is 2.21. The molecule has 1 saturated carbocycles. The zero-order chi connectivity index (χ0) is 17.6. The van der Waals surface area contributed by atoms with Crippen LogP contribution in [0, 0.1) is 5.92 Å². The van der Waals surface area contributed by atoms with Gasteiger partial charge in [0.1, 0.15) is 5.75 Å². The number of sulfonamides is 1. The van der Waals surface area contributed by atoms with E-state index in [-0.39, 0.29) is 23.5 Å². The van der Waals surface area contributed by atoms with E-state index in [0.717, 1.165) is 25.7 Å². The Kier molecular flexibility index (Phi) is 6.62. The summed E-state index contributed by atoms with van der Waals surface area (Å²) in [4.78, 5) is 11.8. The van der Waals surface area contributed by atoms with Crippen LogP contribution in [0.25, 0.3) is 0 Å². The van der Waals surface area contributed by atoms with Gasteiger partial charge in [-0.15, -0.1) is 0 Å². The Bertz CT molecular complexity index is 635. The normalized spacial score (nSPS) is 15.6. The number of amides is 1. The summed E-state index contributed by atoms with van der Waals surface area (Å²) < 4.78 is 32.7. The highest BCUT2D eigenvalue weighted by Gasteiger charge is 2.22. The van der Waals surface area contributed by atoms with Crippen LogP contribution < -0.4 is 14.8 Å². The summed E-state index contributed by atoms with van der Waals surface area (Å²) in [6, 6.07) is 6.17. The maximum atomic E-state index is 12.3. The summed E-state index contributed by atoms with van der Waals surface area (Å²) in [5.41, 5.74) is 0. The third-order valence-corrected chi connectivity index (χ3v) is 5.42. The average molecular weight is 354 g/mol. The van der Waals surface area contributed by atoms with Gasteiger partial charge in [-0.2, -0.15) is 0 Å². The Morgan fingerprint density at radius 2 is 1.83 bits per heavy atom. The molecule has 0 radical (unpaired) electrons. The molecule has 7 heteroatoms. The van der Waals surface area contributed by atoms with Gasteiger partial charge in [0.05, 0.1) is 4.90 Å². The van der Waals surface area contributed by atoms with E-state index in [1.165, 1.54) is 12.1 Å². The van der Waals surface area contributed by atoms with E-state index in [1.54, 1.807) is 12.1 Å². The predicted molar refractivity (Wildman–Crippen MR) is 92.4 cm³/mol. The van der Waals surface area contributed by atoms with Crippen LogP contribution in [0.15, 0.2) is 29.2 Å². The van der Waals surface area contributed by atoms with E-state index in [2.05, 4.69) is 10.0 Å². The molecule has 0 atom stereocenters. The number of benzene rings is 1. The molecule has 0 heterocycles. The minimum atomic E-state index is -3.49. The second-order valence-electron chi connectivity index (χ2n) is 6.56. The molecule has 0 saturated heterocycles. The molecule has 1 aromatic rings. The van der Waals surface area contributed by atoms with Crippen molar-refractivity contribution in [3.63, 3.8) is 0 Å². The maximum absolute atomic E-state index is 12.3. The molecule has 1 aromatic carbocycles. The molecule has 134 valence electrons. The van der Waals surface area contributed by atoms with Crippen LogP contribution in [0.1, 0.15) is 39.5 Å². The first-order chi connectivity index (χ1) is 11.4. The molecule has 0 bridgehead atoms. The molecule has 1 aliphatic carbocycles. The monoisotopic (exact) mass is 354 g/mol. The first-order valence-corrected chi connectivity index (χ1v) is 9.87. The summed E-state index contributed by atoms with van der Waals surface area (Å²) in [6.45, 7) is 4.55. The van der Waals surface area contributed by atoms with Gasteiger partial charge in [0.2, 0.25) is 10.0 Å². The zero-order valence-corrected chi connectivity index (χ0v) is 15.1. The fourth-order valence-corrected chi connectivity index (χ4v) is 3.87. The molecule has 1 fully saturated rings. The largest absolute Gasteiger partial charge is 0.484 e. The first kappa shape index (κ1) is 18.7. The Hall–Kier alpha value is -1.60. The quantitative estimate of drug-likeness (QED) is 0.748. The van der Waals surface area contributed by atoms with Gasteiger partial charge in [-0.05, 0) is 43.0 Å². The minimum Gasteiger partial charge on any atom is -0.484 e. The van der Waals surface area contributed by atoms with Gasteiger partial charge in [0.15, 0.2) is 6.61 Å². The van der Waals surface area contributed by atoms with Crippen LogP contribution in [-0.2, 0) is 14.8 Å². The topological polar surface area (TPSA) is 84.5 Å². The fourth-order valence-electron chi connectivity index (χ4n) is 2.56. The highest BCUT2D eigenvalue weighted by atomic mass is 32.2. The van der Waals surface area contributed by atoms with Gasteiger partial charge in [-0.25, -0.2) is 13.1 Å². The second kappa shape index (κ2) is 8.48. The second-order valence-corrected chi connectivity index (χ2v) is 8.27. The van der Waals surface area contributed by atoms with E-state index in [4.69, 9.17) is 4.74 Å².